The minimum atomic E-state index is 0. The highest BCUT2D eigenvalue weighted by molar-refractivity contribution is 5.21. The molecule has 0 unspecified atom stereocenters. The molecule has 50 valence electrons. The minimum absolute atomic E-state index is 0. The van der Waals surface area contributed by atoms with Gasteiger partial charge in [-0.3, -0.25) is 0 Å². The maximum absolute atomic E-state index is 5.33. The van der Waals surface area contributed by atoms with Gasteiger partial charge < -0.3 is 29.7 Å². The summed E-state index contributed by atoms with van der Waals surface area (Å²) >= 11 is 0. The van der Waals surface area contributed by atoms with Gasteiger partial charge in [0.05, 0.1) is 0 Å². The van der Waals surface area contributed by atoms with Crippen molar-refractivity contribution in [2.45, 2.75) is 0 Å². The molecule has 0 bridgehead atoms. The topological polar surface area (TPSA) is 42.8 Å². The van der Waals surface area contributed by atoms with Gasteiger partial charge >= 0.3 is 0 Å². The van der Waals surface area contributed by atoms with E-state index in [0.29, 0.717) is 5.82 Å². The Morgan fingerprint density at radius 2 is 2.33 bits per heavy atom. The second-order valence-corrected chi connectivity index (χ2v) is 1.61. The van der Waals surface area contributed by atoms with E-state index in [-0.39, 0.29) is 24.0 Å². The fourth-order valence-electron chi connectivity index (χ4n) is 0.515. The molecule has 0 fully saturated rings. The molecule has 0 radical (unpaired) electrons. The summed E-state index contributed by atoms with van der Waals surface area (Å²) in [5.41, 5.74) is 5.33. The quantitative estimate of drug-likeness (QED) is 0.375. The largest absolute Gasteiger partial charge is 1.00 e. The van der Waals surface area contributed by atoms with Gasteiger partial charge in [-0.25, -0.2) is 0 Å². The van der Waals surface area contributed by atoms with E-state index in [1.807, 2.05) is 19.3 Å². The second kappa shape index (κ2) is 3.60. The lowest BCUT2D eigenvalue weighted by Gasteiger charge is -1.83. The summed E-state index contributed by atoms with van der Waals surface area (Å²) in [4.78, 5) is 0. The van der Waals surface area contributed by atoms with Gasteiger partial charge in [0, 0.05) is 11.2 Å². The first-order chi connectivity index (χ1) is 3.79. The molecular formula is C5H8IN3. The average Bonchev–Trinajstić information content (AvgIpc) is 1.64. The highest BCUT2D eigenvalue weighted by atomic mass is 127. The Hall–Kier alpha value is -0.390. The number of rotatable bonds is 0. The van der Waals surface area contributed by atoms with E-state index in [1.54, 1.807) is 10.7 Å². The van der Waals surface area contributed by atoms with E-state index in [4.69, 9.17) is 5.73 Å². The summed E-state index contributed by atoms with van der Waals surface area (Å²) in [7, 11) is 1.83. The van der Waals surface area contributed by atoms with Gasteiger partial charge in [0.15, 0.2) is 19.1 Å². The number of nitrogens with zero attached hydrogens (tertiary/aromatic N) is 2. The lowest BCUT2D eigenvalue weighted by Crippen LogP contribution is -3.00. The molecule has 1 aromatic rings. The third-order valence-electron chi connectivity index (χ3n) is 0.842. The smallest absolute Gasteiger partial charge is 0.196 e. The van der Waals surface area contributed by atoms with E-state index >= 15 is 0 Å². The molecule has 0 aliphatic rings. The maximum atomic E-state index is 5.33. The zero-order chi connectivity index (χ0) is 5.98. The first kappa shape index (κ1) is 8.61. The lowest BCUT2D eigenvalue weighted by atomic mass is 10.5. The summed E-state index contributed by atoms with van der Waals surface area (Å²) in [6, 6.07) is 3.60. The highest BCUT2D eigenvalue weighted by Crippen LogP contribution is 1.84. The van der Waals surface area contributed by atoms with Crippen molar-refractivity contribution in [2.24, 2.45) is 7.05 Å². The Labute approximate surface area is 70.9 Å². The molecule has 0 saturated heterocycles. The number of aromatic nitrogens is 2. The normalized spacial score (nSPS) is 8.11. The molecule has 0 atom stereocenters. The van der Waals surface area contributed by atoms with Crippen LogP contribution in [0.25, 0.3) is 0 Å². The van der Waals surface area contributed by atoms with Crippen molar-refractivity contribution < 1.29 is 28.7 Å². The van der Waals surface area contributed by atoms with Crippen LogP contribution in [0.4, 0.5) is 5.82 Å². The SMILES string of the molecule is C[n+]1cccc(N)n1.[I-]. The minimum Gasteiger partial charge on any atom is -1.00 e. The van der Waals surface area contributed by atoms with E-state index in [1.165, 1.54) is 0 Å². The van der Waals surface area contributed by atoms with Crippen molar-refractivity contribution in [1.82, 2.24) is 5.10 Å². The number of hydrogen-bond acceptors (Lipinski definition) is 2. The zero-order valence-corrected chi connectivity index (χ0v) is 7.24. The fraction of sp³-hybridized carbons (Fsp3) is 0.200. The molecule has 0 amide bonds. The predicted octanol–water partition coefficient (Wildman–Crippen LogP) is -3.51. The van der Waals surface area contributed by atoms with Crippen LogP contribution in [0.1, 0.15) is 0 Å². The number of hydrogen-bond donors (Lipinski definition) is 1. The Morgan fingerprint density at radius 1 is 1.67 bits per heavy atom. The predicted molar refractivity (Wildman–Crippen MR) is 29.8 cm³/mol. The maximum Gasteiger partial charge on any atom is 0.196 e. The van der Waals surface area contributed by atoms with Gasteiger partial charge in [-0.2, -0.15) is 0 Å². The zero-order valence-electron chi connectivity index (χ0n) is 5.08. The Morgan fingerprint density at radius 3 is 2.67 bits per heavy atom. The van der Waals surface area contributed by atoms with Crippen LogP contribution >= 0.6 is 0 Å². The van der Waals surface area contributed by atoms with Crippen LogP contribution in [0, 0.1) is 0 Å². The van der Waals surface area contributed by atoms with Gasteiger partial charge in [-0.05, 0) is 6.07 Å². The number of nitrogen functional groups attached to an aromatic ring is 1. The highest BCUT2D eigenvalue weighted by Gasteiger charge is 1.89. The Kier molecular flexibility index (Phi) is 3.44. The van der Waals surface area contributed by atoms with Gasteiger partial charge in [0.2, 0.25) is 0 Å². The van der Waals surface area contributed by atoms with Crippen molar-refractivity contribution >= 4 is 5.82 Å². The van der Waals surface area contributed by atoms with Crippen molar-refractivity contribution in [1.29, 1.82) is 0 Å². The summed E-state index contributed by atoms with van der Waals surface area (Å²) < 4.78 is 1.66. The molecular weight excluding hydrogens is 229 g/mol. The first-order valence-electron chi connectivity index (χ1n) is 2.37. The second-order valence-electron chi connectivity index (χ2n) is 1.61. The molecule has 0 aliphatic carbocycles. The van der Waals surface area contributed by atoms with E-state index in [0.717, 1.165) is 0 Å². The third kappa shape index (κ3) is 2.59. The molecule has 3 nitrogen and oxygen atoms in total. The lowest BCUT2D eigenvalue weighted by molar-refractivity contribution is -0.729. The molecule has 0 spiro atoms. The monoisotopic (exact) mass is 237 g/mol. The van der Waals surface area contributed by atoms with E-state index in [2.05, 4.69) is 5.10 Å². The van der Waals surface area contributed by atoms with E-state index < -0.39 is 0 Å². The molecule has 4 heteroatoms. The van der Waals surface area contributed by atoms with Crippen LogP contribution in [-0.2, 0) is 7.05 Å². The molecule has 0 aliphatic heterocycles. The molecule has 9 heavy (non-hydrogen) atoms. The number of anilines is 1. The van der Waals surface area contributed by atoms with Gasteiger partial charge in [-0.1, -0.05) is 4.68 Å². The van der Waals surface area contributed by atoms with Crippen LogP contribution in [0.5, 0.6) is 0 Å². The Bertz CT molecular complexity index is 172. The number of nitrogens with two attached hydrogens (primary N) is 1. The van der Waals surface area contributed by atoms with Crippen LogP contribution in [0.2, 0.25) is 0 Å². The summed E-state index contributed by atoms with van der Waals surface area (Å²) in [5, 5.41) is 3.87. The van der Waals surface area contributed by atoms with Crippen LogP contribution < -0.4 is 34.4 Å². The van der Waals surface area contributed by atoms with Crippen LogP contribution in [0.15, 0.2) is 18.3 Å². The van der Waals surface area contributed by atoms with Crippen molar-refractivity contribution in [3.05, 3.63) is 18.3 Å². The molecule has 2 N–H and O–H groups in total. The summed E-state index contributed by atoms with van der Waals surface area (Å²) in [5.74, 6) is 0.551. The van der Waals surface area contributed by atoms with Crippen molar-refractivity contribution in [3.8, 4) is 0 Å². The van der Waals surface area contributed by atoms with Crippen LogP contribution in [-0.4, -0.2) is 5.10 Å². The summed E-state index contributed by atoms with van der Waals surface area (Å²) in [6.07, 6.45) is 1.83. The molecule has 1 aromatic heterocycles. The van der Waals surface area contributed by atoms with Crippen molar-refractivity contribution in [2.75, 3.05) is 5.73 Å². The van der Waals surface area contributed by atoms with Gasteiger partial charge in [0.1, 0.15) is 0 Å². The van der Waals surface area contributed by atoms with Gasteiger partial charge in [0.25, 0.3) is 0 Å². The number of aryl methyl sites for hydroxylation is 1. The average molecular weight is 237 g/mol. The van der Waals surface area contributed by atoms with Crippen molar-refractivity contribution in [3.63, 3.8) is 0 Å². The number of halogens is 1. The van der Waals surface area contributed by atoms with Crippen LogP contribution in [0.3, 0.4) is 0 Å². The van der Waals surface area contributed by atoms with E-state index in [9.17, 15) is 0 Å². The summed E-state index contributed by atoms with van der Waals surface area (Å²) in [6.45, 7) is 0. The molecule has 1 rings (SSSR count). The molecule has 1 heterocycles. The molecule has 0 saturated carbocycles. The Balaban J connectivity index is 0.000000640. The fourth-order valence-corrected chi connectivity index (χ4v) is 0.515. The third-order valence-corrected chi connectivity index (χ3v) is 0.842. The standard InChI is InChI=1S/C5H8N3.HI/c1-8-4-2-3-5(6)7-8;/h2-4H,1H3,(H2,6,7);1H/q+1;/p-1. The van der Waals surface area contributed by atoms with Gasteiger partial charge in [-0.15, -0.1) is 0 Å². The molecule has 0 aromatic carbocycles. The first-order valence-corrected chi connectivity index (χ1v) is 2.37.